The summed E-state index contributed by atoms with van der Waals surface area (Å²) in [6.45, 7) is 8.76. The van der Waals surface area contributed by atoms with E-state index in [4.69, 9.17) is 4.74 Å². The molecule has 39 heavy (non-hydrogen) atoms. The van der Waals surface area contributed by atoms with Crippen LogP contribution in [0.1, 0.15) is 58.9 Å². The minimum absolute atomic E-state index is 0.0193. The van der Waals surface area contributed by atoms with E-state index in [-0.39, 0.29) is 35.8 Å². The van der Waals surface area contributed by atoms with Crippen molar-refractivity contribution in [2.45, 2.75) is 77.0 Å². The second kappa shape index (κ2) is 11.4. The molecule has 3 amide bonds. The first-order valence-corrected chi connectivity index (χ1v) is 14.2. The average molecular weight is 541 g/mol. The average Bonchev–Trinajstić information content (AvgIpc) is 3.34. The molecule has 4 heterocycles. The van der Waals surface area contributed by atoms with Crippen molar-refractivity contribution >= 4 is 29.1 Å². The summed E-state index contributed by atoms with van der Waals surface area (Å²) in [5.74, 6) is 0.0358. The molecule has 5 rings (SSSR count). The Hall–Kier alpha value is -3.34. The molecule has 11 heteroatoms. The molecule has 1 aromatic carbocycles. The highest BCUT2D eigenvalue weighted by Crippen LogP contribution is 2.35. The monoisotopic (exact) mass is 540 g/mol. The van der Waals surface area contributed by atoms with Crippen molar-refractivity contribution in [1.82, 2.24) is 29.2 Å². The first-order valence-electron chi connectivity index (χ1n) is 14.2. The number of ether oxygens (including phenoxy) is 1. The lowest BCUT2D eigenvalue weighted by molar-refractivity contribution is -0.130. The Kier molecular flexibility index (Phi) is 7.97. The van der Waals surface area contributed by atoms with Crippen LogP contribution in [0, 0.1) is 0 Å². The molecule has 0 radical (unpaired) electrons. The zero-order valence-electron chi connectivity index (χ0n) is 23.2. The molecule has 11 nitrogen and oxygen atoms in total. The summed E-state index contributed by atoms with van der Waals surface area (Å²) < 4.78 is 8.46. The van der Waals surface area contributed by atoms with Gasteiger partial charge in [-0.2, -0.15) is 0 Å². The molecule has 3 fully saturated rings. The summed E-state index contributed by atoms with van der Waals surface area (Å²) in [6, 6.07) is 7.79. The molecule has 2 aromatic rings. The molecule has 3 aliphatic heterocycles. The smallest absolute Gasteiger partial charge is 0.409 e. The molecule has 2 bridgehead atoms. The van der Waals surface area contributed by atoms with Gasteiger partial charge >= 0.3 is 17.8 Å². The SMILES string of the molecule is CC(=O)N1CCN(C(=O)OCCCN2[C@@H]3CC[C@H]2C[C@@H](NC(=O)n2c(=O)n(C(C)C)c4ccccc42)C3)CC1. The second-order valence-electron chi connectivity index (χ2n) is 11.3. The topological polar surface area (TPSA) is 109 Å². The van der Waals surface area contributed by atoms with E-state index in [0.717, 1.165) is 44.2 Å². The lowest BCUT2D eigenvalue weighted by Crippen LogP contribution is -2.52. The Morgan fingerprint density at radius 1 is 0.974 bits per heavy atom. The van der Waals surface area contributed by atoms with Crippen LogP contribution in [0.5, 0.6) is 0 Å². The van der Waals surface area contributed by atoms with Crippen LogP contribution >= 0.6 is 0 Å². The quantitative estimate of drug-likeness (QED) is 0.565. The summed E-state index contributed by atoms with van der Waals surface area (Å²) in [5.41, 5.74) is 1.09. The van der Waals surface area contributed by atoms with Crippen molar-refractivity contribution in [3.05, 3.63) is 34.7 Å². The maximum absolute atomic E-state index is 13.3. The van der Waals surface area contributed by atoms with Gasteiger partial charge in [-0.05, 0) is 58.1 Å². The number of piperidine rings is 1. The number of aromatic nitrogens is 2. The number of piperazine rings is 1. The number of carbonyl (C=O) groups excluding carboxylic acids is 3. The molecule has 3 saturated heterocycles. The fourth-order valence-corrected chi connectivity index (χ4v) is 6.56. The lowest BCUT2D eigenvalue weighted by atomic mass is 9.97. The maximum Gasteiger partial charge on any atom is 0.409 e. The molecule has 3 aliphatic rings. The van der Waals surface area contributed by atoms with E-state index < -0.39 is 0 Å². The maximum atomic E-state index is 13.3. The zero-order chi connectivity index (χ0) is 27.7. The third-order valence-electron chi connectivity index (χ3n) is 8.48. The Bertz CT molecular complexity index is 1260. The largest absolute Gasteiger partial charge is 0.449 e. The van der Waals surface area contributed by atoms with Crippen LogP contribution in [0.2, 0.25) is 0 Å². The van der Waals surface area contributed by atoms with Gasteiger partial charge in [0.25, 0.3) is 0 Å². The summed E-state index contributed by atoms with van der Waals surface area (Å²) in [7, 11) is 0. The predicted octanol–water partition coefficient (Wildman–Crippen LogP) is 2.63. The highest BCUT2D eigenvalue weighted by atomic mass is 16.6. The third kappa shape index (κ3) is 5.54. The number of benzene rings is 1. The number of amides is 3. The number of nitrogens with zero attached hydrogens (tertiary/aromatic N) is 5. The van der Waals surface area contributed by atoms with Crippen molar-refractivity contribution in [3.63, 3.8) is 0 Å². The van der Waals surface area contributed by atoms with E-state index in [2.05, 4.69) is 10.2 Å². The van der Waals surface area contributed by atoms with Crippen molar-refractivity contribution in [2.75, 3.05) is 39.3 Å². The molecule has 0 aliphatic carbocycles. The fourth-order valence-electron chi connectivity index (χ4n) is 6.56. The van der Waals surface area contributed by atoms with E-state index in [1.165, 1.54) is 4.57 Å². The number of hydrogen-bond donors (Lipinski definition) is 1. The molecule has 3 atom stereocenters. The molecular formula is C28H40N6O5. The van der Waals surface area contributed by atoms with E-state index >= 15 is 0 Å². The summed E-state index contributed by atoms with van der Waals surface area (Å²) in [4.78, 5) is 56.2. The van der Waals surface area contributed by atoms with Gasteiger partial charge in [0.15, 0.2) is 0 Å². The van der Waals surface area contributed by atoms with Crippen LogP contribution in [0.4, 0.5) is 9.59 Å². The summed E-state index contributed by atoms with van der Waals surface area (Å²) in [5, 5.41) is 3.16. The Labute approximate surface area is 228 Å². The zero-order valence-corrected chi connectivity index (χ0v) is 23.2. The van der Waals surface area contributed by atoms with Crippen LogP contribution in [0.25, 0.3) is 11.0 Å². The van der Waals surface area contributed by atoms with Crippen molar-refractivity contribution in [1.29, 1.82) is 0 Å². The fraction of sp³-hybridized carbons (Fsp3) is 0.643. The normalized spacial score (nSPS) is 23.4. The first kappa shape index (κ1) is 27.2. The minimum Gasteiger partial charge on any atom is -0.449 e. The van der Waals surface area contributed by atoms with E-state index in [1.807, 2.05) is 38.1 Å². The highest BCUT2D eigenvalue weighted by Gasteiger charge is 2.41. The van der Waals surface area contributed by atoms with Gasteiger partial charge < -0.3 is 19.9 Å². The van der Waals surface area contributed by atoms with Gasteiger partial charge in [0, 0.05) is 63.8 Å². The number of hydrogen-bond acceptors (Lipinski definition) is 6. The van der Waals surface area contributed by atoms with Crippen LogP contribution in [0.15, 0.2) is 29.1 Å². The van der Waals surface area contributed by atoms with Gasteiger partial charge in [0.2, 0.25) is 5.91 Å². The van der Waals surface area contributed by atoms with Gasteiger partial charge in [-0.1, -0.05) is 12.1 Å². The van der Waals surface area contributed by atoms with Crippen LogP contribution in [-0.4, -0.2) is 99.3 Å². The minimum atomic E-state index is -0.357. The number of para-hydroxylation sites is 2. The molecule has 1 aromatic heterocycles. The number of imidazole rings is 1. The number of fused-ring (bicyclic) bond motifs is 3. The third-order valence-corrected chi connectivity index (χ3v) is 8.48. The summed E-state index contributed by atoms with van der Waals surface area (Å²) >= 11 is 0. The second-order valence-corrected chi connectivity index (χ2v) is 11.3. The van der Waals surface area contributed by atoms with E-state index in [9.17, 15) is 19.2 Å². The lowest BCUT2D eigenvalue weighted by Gasteiger charge is -2.39. The predicted molar refractivity (Wildman–Crippen MR) is 147 cm³/mol. The molecule has 0 unspecified atom stereocenters. The Balaban J connectivity index is 1.11. The van der Waals surface area contributed by atoms with Gasteiger partial charge in [0.05, 0.1) is 17.6 Å². The molecule has 1 N–H and O–H groups in total. The Morgan fingerprint density at radius 3 is 2.21 bits per heavy atom. The first-order chi connectivity index (χ1) is 18.7. The van der Waals surface area contributed by atoms with E-state index in [1.54, 1.807) is 21.3 Å². The highest BCUT2D eigenvalue weighted by molar-refractivity contribution is 5.89. The molecular weight excluding hydrogens is 500 g/mol. The van der Waals surface area contributed by atoms with E-state index in [0.29, 0.717) is 50.4 Å². The van der Waals surface area contributed by atoms with Crippen molar-refractivity contribution in [3.8, 4) is 0 Å². The van der Waals surface area contributed by atoms with Gasteiger partial charge in [0.1, 0.15) is 0 Å². The van der Waals surface area contributed by atoms with Gasteiger partial charge in [-0.15, -0.1) is 0 Å². The van der Waals surface area contributed by atoms with Crippen molar-refractivity contribution < 1.29 is 19.1 Å². The number of carbonyl (C=O) groups is 3. The van der Waals surface area contributed by atoms with Crippen molar-refractivity contribution in [2.24, 2.45) is 0 Å². The van der Waals surface area contributed by atoms with Crippen LogP contribution in [-0.2, 0) is 9.53 Å². The number of nitrogens with one attached hydrogen (secondary N) is 1. The number of rotatable bonds is 6. The molecule has 212 valence electrons. The van der Waals surface area contributed by atoms with Gasteiger partial charge in [-0.25, -0.2) is 19.0 Å². The van der Waals surface area contributed by atoms with Crippen LogP contribution in [0.3, 0.4) is 0 Å². The Morgan fingerprint density at radius 2 is 1.59 bits per heavy atom. The molecule has 0 spiro atoms. The van der Waals surface area contributed by atoms with Crippen LogP contribution < -0.4 is 11.0 Å². The molecule has 0 saturated carbocycles. The van der Waals surface area contributed by atoms with Gasteiger partial charge in [-0.3, -0.25) is 14.3 Å². The summed E-state index contributed by atoms with van der Waals surface area (Å²) in [6.07, 6.45) is 4.32. The standard InChI is InChI=1S/C28H40N6O5/c1-19(2)33-24-7-4-5-8-25(24)34(27(33)37)26(36)29-21-17-22-9-10-23(18-21)32(22)11-6-16-39-28(38)31-14-12-30(13-15-31)20(3)35/h4-5,7-8,19,21-23H,6,9-18H2,1-3H3,(H,29,36)/t21-,22+,23-.